The number of Topliss-reactive ketones (excluding diaryl/α,β-unsaturated/α-hetero) is 1. The number of benzene rings is 2. The van der Waals surface area contributed by atoms with Gasteiger partial charge >= 0.3 is 5.97 Å². The highest BCUT2D eigenvalue weighted by Crippen LogP contribution is 2.38. The molecule has 1 fully saturated rings. The minimum atomic E-state index is -3.91. The van der Waals surface area contributed by atoms with Gasteiger partial charge in [-0.1, -0.05) is 23.8 Å². The fraction of sp³-hybridized carbons (Fsp3) is 0.273. The van der Waals surface area contributed by atoms with Gasteiger partial charge < -0.3 is 4.74 Å². The summed E-state index contributed by atoms with van der Waals surface area (Å²) in [6, 6.07) is 11.7. The van der Waals surface area contributed by atoms with Gasteiger partial charge in [0.25, 0.3) is 10.0 Å². The molecule has 0 saturated heterocycles. The number of nitrogens with zero attached hydrogens (tertiary/aromatic N) is 1. The maximum absolute atomic E-state index is 13.3. The normalized spacial score (nSPS) is 17.0. The number of carbonyl (C=O) groups excluding carboxylic acids is 2. The molecule has 0 spiro atoms. The van der Waals surface area contributed by atoms with Crippen molar-refractivity contribution in [3.05, 3.63) is 65.4 Å². The van der Waals surface area contributed by atoms with Crippen molar-refractivity contribution >= 4 is 32.7 Å². The van der Waals surface area contributed by atoms with Crippen LogP contribution in [0.3, 0.4) is 0 Å². The second kappa shape index (κ2) is 7.15. The number of hydrogen-bond acceptors (Lipinski definition) is 5. The van der Waals surface area contributed by atoms with E-state index in [0.717, 1.165) is 21.5 Å². The van der Waals surface area contributed by atoms with Crippen LogP contribution in [0.5, 0.6) is 0 Å². The number of ether oxygens (including phenoxy) is 1. The van der Waals surface area contributed by atoms with Gasteiger partial charge in [-0.05, 0) is 49.1 Å². The molecule has 1 aliphatic rings. The van der Waals surface area contributed by atoms with Gasteiger partial charge in [0.15, 0.2) is 0 Å². The summed E-state index contributed by atoms with van der Waals surface area (Å²) >= 11 is 0. The Morgan fingerprint density at radius 3 is 2.45 bits per heavy atom. The van der Waals surface area contributed by atoms with Crippen LogP contribution < -0.4 is 0 Å². The lowest BCUT2D eigenvalue weighted by atomic mass is 9.93. The summed E-state index contributed by atoms with van der Waals surface area (Å²) in [4.78, 5) is 24.3. The lowest BCUT2D eigenvalue weighted by Gasteiger charge is -2.15. The van der Waals surface area contributed by atoms with Crippen LogP contribution in [-0.2, 0) is 19.6 Å². The van der Waals surface area contributed by atoms with E-state index in [1.165, 1.54) is 13.3 Å². The zero-order chi connectivity index (χ0) is 20.8. The van der Waals surface area contributed by atoms with Gasteiger partial charge in [-0.2, -0.15) is 0 Å². The smallest absolute Gasteiger partial charge is 0.340 e. The van der Waals surface area contributed by atoms with E-state index in [1.807, 2.05) is 6.92 Å². The Kier molecular flexibility index (Phi) is 4.78. The minimum absolute atomic E-state index is 0.0228. The molecule has 0 bridgehead atoms. The molecule has 1 saturated carbocycles. The summed E-state index contributed by atoms with van der Waals surface area (Å²) in [5, 5.41) is 0.656. The van der Waals surface area contributed by atoms with E-state index in [9.17, 15) is 18.0 Å². The predicted molar refractivity (Wildman–Crippen MR) is 109 cm³/mol. The standard InChI is InChI=1S/C22H21NO5S/c1-14-3-7-17(8-4-14)29(26,27)23-12-11-19-18(15-5-6-16(24)13-15)9-10-20(21(19)23)22(25)28-2/h3-4,7-12,15H,5-6,13H2,1-2H3. The van der Waals surface area contributed by atoms with Crippen LogP contribution in [0, 0.1) is 6.92 Å². The van der Waals surface area contributed by atoms with Crippen molar-refractivity contribution in [2.24, 2.45) is 0 Å². The number of rotatable bonds is 4. The lowest BCUT2D eigenvalue weighted by Crippen LogP contribution is -2.14. The quantitative estimate of drug-likeness (QED) is 0.610. The summed E-state index contributed by atoms with van der Waals surface area (Å²) in [5.74, 6) is -0.385. The molecular formula is C22H21NO5S. The Hall–Kier alpha value is -2.93. The van der Waals surface area contributed by atoms with Crippen LogP contribution in [-0.4, -0.2) is 31.3 Å². The van der Waals surface area contributed by atoms with E-state index in [0.29, 0.717) is 18.2 Å². The molecule has 1 heterocycles. The van der Waals surface area contributed by atoms with E-state index < -0.39 is 16.0 Å². The molecule has 0 aliphatic heterocycles. The van der Waals surface area contributed by atoms with Crippen LogP contribution in [0.15, 0.2) is 53.6 Å². The molecule has 29 heavy (non-hydrogen) atoms. The second-order valence-corrected chi connectivity index (χ2v) is 9.18. The highest BCUT2D eigenvalue weighted by Gasteiger charge is 2.29. The zero-order valence-electron chi connectivity index (χ0n) is 16.2. The van der Waals surface area contributed by atoms with Gasteiger partial charge in [0, 0.05) is 24.4 Å². The molecule has 1 aliphatic carbocycles. The van der Waals surface area contributed by atoms with Crippen LogP contribution in [0.4, 0.5) is 0 Å². The maximum Gasteiger partial charge on any atom is 0.340 e. The average Bonchev–Trinajstić information content (AvgIpc) is 3.34. The van der Waals surface area contributed by atoms with E-state index >= 15 is 0 Å². The number of ketones is 1. The van der Waals surface area contributed by atoms with Gasteiger partial charge in [0.05, 0.1) is 23.1 Å². The first-order valence-corrected chi connectivity index (χ1v) is 10.8. The third-order valence-corrected chi connectivity index (χ3v) is 7.21. The number of methoxy groups -OCH3 is 1. The molecule has 150 valence electrons. The first-order valence-electron chi connectivity index (χ1n) is 9.39. The molecule has 3 aromatic rings. The van der Waals surface area contributed by atoms with Crippen molar-refractivity contribution in [1.29, 1.82) is 0 Å². The molecule has 0 amide bonds. The zero-order valence-corrected chi connectivity index (χ0v) is 17.0. The molecule has 1 aromatic heterocycles. The van der Waals surface area contributed by atoms with E-state index in [4.69, 9.17) is 4.74 Å². The third-order valence-electron chi connectivity index (χ3n) is 5.52. The Labute approximate surface area is 169 Å². The molecule has 7 heteroatoms. The fourth-order valence-electron chi connectivity index (χ4n) is 3.99. The lowest BCUT2D eigenvalue weighted by molar-refractivity contribution is -0.117. The van der Waals surface area contributed by atoms with E-state index in [2.05, 4.69) is 0 Å². The molecular weight excluding hydrogens is 390 g/mol. The Bertz CT molecular complexity index is 1220. The van der Waals surface area contributed by atoms with Gasteiger partial charge in [0.2, 0.25) is 0 Å². The second-order valence-electron chi connectivity index (χ2n) is 7.36. The van der Waals surface area contributed by atoms with Crippen molar-refractivity contribution in [2.75, 3.05) is 7.11 Å². The molecule has 2 aromatic carbocycles. The first kappa shape index (κ1) is 19.4. The van der Waals surface area contributed by atoms with Crippen molar-refractivity contribution in [1.82, 2.24) is 3.97 Å². The van der Waals surface area contributed by atoms with E-state index in [1.54, 1.807) is 42.5 Å². The first-order chi connectivity index (χ1) is 13.8. The van der Waals surface area contributed by atoms with Gasteiger partial charge in [-0.15, -0.1) is 0 Å². The number of carbonyl (C=O) groups is 2. The molecule has 0 N–H and O–H groups in total. The van der Waals surface area contributed by atoms with Crippen LogP contribution >= 0.6 is 0 Å². The molecule has 1 atom stereocenters. The highest BCUT2D eigenvalue weighted by atomic mass is 32.2. The van der Waals surface area contributed by atoms with Gasteiger partial charge in [-0.25, -0.2) is 17.2 Å². The number of aromatic nitrogens is 1. The van der Waals surface area contributed by atoms with Crippen molar-refractivity contribution in [2.45, 2.75) is 37.0 Å². The maximum atomic E-state index is 13.3. The number of fused-ring (bicyclic) bond motifs is 1. The Morgan fingerprint density at radius 1 is 1.10 bits per heavy atom. The van der Waals surface area contributed by atoms with Crippen molar-refractivity contribution in [3.63, 3.8) is 0 Å². The average molecular weight is 411 g/mol. The summed E-state index contributed by atoms with van der Waals surface area (Å²) < 4.78 is 32.7. The van der Waals surface area contributed by atoms with Gasteiger partial charge in [0.1, 0.15) is 5.78 Å². The summed E-state index contributed by atoms with van der Waals surface area (Å²) in [7, 11) is -2.65. The molecule has 6 nitrogen and oxygen atoms in total. The monoisotopic (exact) mass is 411 g/mol. The van der Waals surface area contributed by atoms with Crippen LogP contribution in [0.25, 0.3) is 10.9 Å². The summed E-state index contributed by atoms with van der Waals surface area (Å²) in [6.45, 7) is 1.88. The van der Waals surface area contributed by atoms with E-state index in [-0.39, 0.29) is 27.7 Å². The SMILES string of the molecule is COC(=O)c1ccc(C2CCC(=O)C2)c2ccn(S(=O)(=O)c3ccc(C)cc3)c12. The third kappa shape index (κ3) is 3.25. The van der Waals surface area contributed by atoms with Crippen molar-refractivity contribution in [3.8, 4) is 0 Å². The number of esters is 1. The Morgan fingerprint density at radius 2 is 1.83 bits per heavy atom. The number of aryl methyl sites for hydroxylation is 1. The molecule has 4 rings (SSSR count). The molecule has 0 radical (unpaired) electrons. The van der Waals surface area contributed by atoms with Crippen LogP contribution in [0.1, 0.15) is 46.7 Å². The highest BCUT2D eigenvalue weighted by molar-refractivity contribution is 7.90. The predicted octanol–water partition coefficient (Wildman–Crippen LogP) is 3.81. The summed E-state index contributed by atoms with van der Waals surface area (Å²) in [6.07, 6.45) is 3.14. The van der Waals surface area contributed by atoms with Gasteiger partial charge in [-0.3, -0.25) is 4.79 Å². The minimum Gasteiger partial charge on any atom is -0.465 e. The van der Waals surface area contributed by atoms with Crippen LogP contribution in [0.2, 0.25) is 0 Å². The Balaban J connectivity index is 1.96. The molecule has 1 unspecified atom stereocenters. The fourth-order valence-corrected chi connectivity index (χ4v) is 5.35. The van der Waals surface area contributed by atoms with Crippen molar-refractivity contribution < 1.29 is 22.7 Å². The summed E-state index contributed by atoms with van der Waals surface area (Å²) in [5.41, 5.74) is 2.30. The largest absolute Gasteiger partial charge is 0.465 e. The topological polar surface area (TPSA) is 82.4 Å². The number of hydrogen-bond donors (Lipinski definition) is 0.